The van der Waals surface area contributed by atoms with E-state index in [0.29, 0.717) is 23.4 Å². The van der Waals surface area contributed by atoms with Gasteiger partial charge in [0.1, 0.15) is 5.75 Å². The van der Waals surface area contributed by atoms with E-state index in [0.717, 1.165) is 12.1 Å². The van der Waals surface area contributed by atoms with Crippen molar-refractivity contribution < 1.29 is 31.1 Å². The molecule has 0 heterocycles. The van der Waals surface area contributed by atoms with Crippen LogP contribution in [0, 0.1) is 0 Å². The van der Waals surface area contributed by atoms with Gasteiger partial charge in [-0.2, -0.15) is 13.2 Å². The summed E-state index contributed by atoms with van der Waals surface area (Å²) in [7, 11) is -2.34. The molecule has 3 rings (SSSR count). The Hall–Kier alpha value is -3.53. The van der Waals surface area contributed by atoms with Crippen LogP contribution in [0.3, 0.4) is 0 Å². The summed E-state index contributed by atoms with van der Waals surface area (Å²) in [6.07, 6.45) is -4.04. The zero-order chi connectivity index (χ0) is 24.1. The number of sulfonamides is 1. The van der Waals surface area contributed by atoms with Crippen molar-refractivity contribution in [2.24, 2.45) is 0 Å². The second-order valence-corrected chi connectivity index (χ2v) is 8.74. The summed E-state index contributed by atoms with van der Waals surface area (Å²) in [5, 5.41) is 2.66. The number of amides is 1. The fourth-order valence-electron chi connectivity index (χ4n) is 2.94. The average Bonchev–Trinajstić information content (AvgIpc) is 2.79. The van der Waals surface area contributed by atoms with Gasteiger partial charge in [0.05, 0.1) is 17.6 Å². The highest BCUT2D eigenvalue weighted by Gasteiger charge is 2.29. The normalized spacial score (nSPS) is 11.6. The number of nitrogens with one attached hydrogen (secondary N) is 2. The van der Waals surface area contributed by atoms with E-state index in [2.05, 4.69) is 10.0 Å². The second kappa shape index (κ2) is 9.95. The number of carbonyl (C=O) groups is 1. The number of alkyl halides is 3. The first-order valence-corrected chi connectivity index (χ1v) is 11.3. The Kier molecular flexibility index (Phi) is 7.27. The van der Waals surface area contributed by atoms with Crippen LogP contribution in [0.25, 0.3) is 0 Å². The predicted molar refractivity (Wildman–Crippen MR) is 118 cm³/mol. The van der Waals surface area contributed by atoms with Crippen LogP contribution in [-0.4, -0.2) is 28.0 Å². The fraction of sp³-hybridized carbons (Fsp3) is 0.174. The van der Waals surface area contributed by atoms with Crippen molar-refractivity contribution >= 4 is 21.6 Å². The molecule has 0 atom stereocenters. The highest BCUT2D eigenvalue weighted by atomic mass is 32.2. The lowest BCUT2D eigenvalue weighted by atomic mass is 10.1. The Labute approximate surface area is 189 Å². The standard InChI is InChI=1S/C23H21F3N2O4S/c1-32-20-10-8-19(9-11-20)28-33(30,31)21-12-4-17(5-13-21)22(29)27-15-14-16-2-6-18(7-3-16)23(24,25)26/h2-13,28H,14-15H2,1H3,(H,27,29). The zero-order valence-corrected chi connectivity index (χ0v) is 18.3. The monoisotopic (exact) mass is 478 g/mol. The van der Waals surface area contributed by atoms with Gasteiger partial charge < -0.3 is 10.1 Å². The van der Waals surface area contributed by atoms with Gasteiger partial charge in [0, 0.05) is 17.8 Å². The molecular formula is C23H21F3N2O4S. The van der Waals surface area contributed by atoms with Crippen LogP contribution in [0.15, 0.2) is 77.7 Å². The minimum atomic E-state index is -4.39. The molecule has 0 radical (unpaired) electrons. The molecule has 33 heavy (non-hydrogen) atoms. The summed E-state index contributed by atoms with van der Waals surface area (Å²) in [5.74, 6) is 0.167. The molecule has 3 aromatic rings. The lowest BCUT2D eigenvalue weighted by Crippen LogP contribution is -2.25. The summed E-state index contributed by atoms with van der Waals surface area (Å²) in [5.41, 5.74) is 0.535. The number of hydrogen-bond acceptors (Lipinski definition) is 4. The number of hydrogen-bond donors (Lipinski definition) is 2. The summed E-state index contributed by atoms with van der Waals surface area (Å²) in [6.45, 7) is 0.212. The van der Waals surface area contributed by atoms with Gasteiger partial charge in [0.2, 0.25) is 0 Å². The Balaban J connectivity index is 1.55. The predicted octanol–water partition coefficient (Wildman–Crippen LogP) is 4.49. The lowest BCUT2D eigenvalue weighted by Gasteiger charge is -2.10. The van der Waals surface area contributed by atoms with E-state index in [1.807, 2.05) is 0 Å². The Morgan fingerprint density at radius 2 is 1.52 bits per heavy atom. The van der Waals surface area contributed by atoms with Crippen LogP contribution in [0.5, 0.6) is 5.75 Å². The van der Waals surface area contributed by atoms with Gasteiger partial charge in [-0.25, -0.2) is 8.42 Å². The fourth-order valence-corrected chi connectivity index (χ4v) is 4.00. The van der Waals surface area contributed by atoms with Crippen molar-refractivity contribution in [2.75, 3.05) is 18.4 Å². The van der Waals surface area contributed by atoms with E-state index in [4.69, 9.17) is 4.74 Å². The maximum atomic E-state index is 12.6. The maximum absolute atomic E-state index is 12.6. The number of benzene rings is 3. The highest BCUT2D eigenvalue weighted by Crippen LogP contribution is 2.29. The molecule has 0 saturated carbocycles. The van der Waals surface area contributed by atoms with E-state index in [1.165, 1.54) is 43.5 Å². The molecule has 2 N–H and O–H groups in total. The molecule has 6 nitrogen and oxygen atoms in total. The maximum Gasteiger partial charge on any atom is 0.416 e. The van der Waals surface area contributed by atoms with Crippen LogP contribution in [0.2, 0.25) is 0 Å². The smallest absolute Gasteiger partial charge is 0.416 e. The quantitative estimate of drug-likeness (QED) is 0.500. The molecule has 1 amide bonds. The molecule has 0 aliphatic rings. The lowest BCUT2D eigenvalue weighted by molar-refractivity contribution is -0.137. The third kappa shape index (κ3) is 6.48. The van der Waals surface area contributed by atoms with Gasteiger partial charge in [-0.3, -0.25) is 9.52 Å². The zero-order valence-electron chi connectivity index (χ0n) is 17.5. The Morgan fingerprint density at radius 1 is 0.909 bits per heavy atom. The summed E-state index contributed by atoms with van der Waals surface area (Å²) in [6, 6.07) is 16.5. The van der Waals surface area contributed by atoms with Crippen LogP contribution < -0.4 is 14.8 Å². The van der Waals surface area contributed by atoms with Crippen molar-refractivity contribution in [3.05, 3.63) is 89.5 Å². The minimum absolute atomic E-state index is 0.0142. The largest absolute Gasteiger partial charge is 0.497 e. The molecule has 0 fully saturated rings. The third-order valence-electron chi connectivity index (χ3n) is 4.75. The van der Waals surface area contributed by atoms with Crippen LogP contribution >= 0.6 is 0 Å². The number of methoxy groups -OCH3 is 1. The van der Waals surface area contributed by atoms with Crippen molar-refractivity contribution in [2.45, 2.75) is 17.5 Å². The summed E-state index contributed by atoms with van der Waals surface area (Å²) in [4.78, 5) is 12.3. The summed E-state index contributed by atoms with van der Waals surface area (Å²) < 4.78 is 70.4. The van der Waals surface area contributed by atoms with Crippen LogP contribution in [0.1, 0.15) is 21.5 Å². The number of rotatable bonds is 8. The van der Waals surface area contributed by atoms with Gasteiger partial charge in [-0.05, 0) is 72.6 Å². The van der Waals surface area contributed by atoms with E-state index < -0.39 is 27.7 Å². The molecule has 0 aromatic heterocycles. The first-order chi connectivity index (χ1) is 15.6. The molecule has 0 aliphatic heterocycles. The first kappa shape index (κ1) is 24.1. The molecule has 0 bridgehead atoms. The highest BCUT2D eigenvalue weighted by molar-refractivity contribution is 7.92. The molecule has 0 unspecified atom stereocenters. The molecule has 174 valence electrons. The van der Waals surface area contributed by atoms with Crippen LogP contribution in [0.4, 0.5) is 18.9 Å². The van der Waals surface area contributed by atoms with Crippen molar-refractivity contribution in [3.8, 4) is 5.75 Å². The van der Waals surface area contributed by atoms with E-state index >= 15 is 0 Å². The van der Waals surface area contributed by atoms with Crippen molar-refractivity contribution in [1.82, 2.24) is 5.32 Å². The SMILES string of the molecule is COc1ccc(NS(=O)(=O)c2ccc(C(=O)NCCc3ccc(C(F)(F)F)cc3)cc2)cc1. The summed E-state index contributed by atoms with van der Waals surface area (Å²) >= 11 is 0. The minimum Gasteiger partial charge on any atom is -0.497 e. The molecule has 0 saturated heterocycles. The van der Waals surface area contributed by atoms with E-state index in [1.54, 1.807) is 24.3 Å². The van der Waals surface area contributed by atoms with E-state index in [9.17, 15) is 26.4 Å². The van der Waals surface area contributed by atoms with Gasteiger partial charge in [-0.15, -0.1) is 0 Å². The van der Waals surface area contributed by atoms with Gasteiger partial charge >= 0.3 is 6.18 Å². The number of ether oxygens (including phenoxy) is 1. The topological polar surface area (TPSA) is 84.5 Å². The molecule has 10 heteroatoms. The van der Waals surface area contributed by atoms with Crippen molar-refractivity contribution in [1.29, 1.82) is 0 Å². The molecular weight excluding hydrogens is 457 g/mol. The van der Waals surface area contributed by atoms with E-state index in [-0.39, 0.29) is 17.0 Å². The van der Waals surface area contributed by atoms with Gasteiger partial charge in [-0.1, -0.05) is 12.1 Å². The average molecular weight is 478 g/mol. The van der Waals surface area contributed by atoms with Gasteiger partial charge in [0.25, 0.3) is 15.9 Å². The Bertz CT molecular complexity index is 1190. The van der Waals surface area contributed by atoms with Crippen molar-refractivity contribution in [3.63, 3.8) is 0 Å². The number of anilines is 1. The third-order valence-corrected chi connectivity index (χ3v) is 6.15. The van der Waals surface area contributed by atoms with Crippen LogP contribution in [-0.2, 0) is 22.6 Å². The number of halogens is 3. The molecule has 0 spiro atoms. The van der Waals surface area contributed by atoms with Gasteiger partial charge in [0.15, 0.2) is 0 Å². The molecule has 3 aromatic carbocycles. The molecule has 0 aliphatic carbocycles. The first-order valence-electron chi connectivity index (χ1n) is 9.80. The second-order valence-electron chi connectivity index (χ2n) is 7.06. The number of carbonyl (C=O) groups excluding carboxylic acids is 1. The Morgan fingerprint density at radius 3 is 2.06 bits per heavy atom.